The summed E-state index contributed by atoms with van der Waals surface area (Å²) < 4.78 is 15.2. The maximum absolute atomic E-state index is 11.6. The van der Waals surface area contributed by atoms with Crippen LogP contribution in [0.4, 0.5) is 5.69 Å². The molecule has 0 amide bonds. The summed E-state index contributed by atoms with van der Waals surface area (Å²) in [5.41, 5.74) is 1.35. The molecule has 0 fully saturated rings. The highest BCUT2D eigenvalue weighted by molar-refractivity contribution is 5.71. The summed E-state index contributed by atoms with van der Waals surface area (Å²) in [6.07, 6.45) is 0. The maximum atomic E-state index is 11.6. The van der Waals surface area contributed by atoms with Gasteiger partial charge < -0.3 is 14.0 Å². The summed E-state index contributed by atoms with van der Waals surface area (Å²) in [6, 6.07) is 5.43. The second-order valence-corrected chi connectivity index (χ2v) is 4.50. The van der Waals surface area contributed by atoms with Gasteiger partial charge in [0.25, 0.3) is 5.69 Å². The number of hydrogen-bond acceptors (Lipinski definition) is 7. The average Bonchev–Trinajstić information content (AvgIpc) is 2.82. The van der Waals surface area contributed by atoms with Gasteiger partial charge in [0, 0.05) is 12.1 Å². The number of ether oxygens (including phenoxy) is 2. The first-order chi connectivity index (χ1) is 10.5. The van der Waals surface area contributed by atoms with Crippen molar-refractivity contribution in [1.82, 2.24) is 5.16 Å². The van der Waals surface area contributed by atoms with E-state index in [1.807, 2.05) is 0 Å². The fourth-order valence-electron chi connectivity index (χ4n) is 1.71. The van der Waals surface area contributed by atoms with Crippen molar-refractivity contribution in [3.05, 3.63) is 51.4 Å². The van der Waals surface area contributed by atoms with Gasteiger partial charge in [-0.15, -0.1) is 0 Å². The van der Waals surface area contributed by atoms with E-state index < -0.39 is 10.9 Å². The van der Waals surface area contributed by atoms with Gasteiger partial charge >= 0.3 is 5.97 Å². The lowest BCUT2D eigenvalue weighted by Crippen LogP contribution is -2.15. The largest absolute Gasteiger partial charge is 0.482 e. The molecule has 0 aliphatic rings. The van der Waals surface area contributed by atoms with Crippen molar-refractivity contribution in [2.24, 2.45) is 0 Å². The zero-order valence-corrected chi connectivity index (χ0v) is 12.1. The Morgan fingerprint density at radius 2 is 2.00 bits per heavy atom. The molecule has 0 radical (unpaired) electrons. The third-order valence-electron chi connectivity index (χ3n) is 2.96. The average molecular weight is 306 g/mol. The van der Waals surface area contributed by atoms with Crippen molar-refractivity contribution < 1.29 is 23.7 Å². The molecule has 0 saturated heterocycles. The smallest absolute Gasteiger partial charge is 0.344 e. The molecule has 0 bridgehead atoms. The van der Waals surface area contributed by atoms with Crippen LogP contribution in [-0.2, 0) is 16.1 Å². The SMILES string of the molecule is Cc1noc(C)c1COC(=O)COc1ccc([N+](=O)[O-])cc1. The Labute approximate surface area is 125 Å². The van der Waals surface area contributed by atoms with Crippen molar-refractivity contribution >= 4 is 11.7 Å². The van der Waals surface area contributed by atoms with Crippen LogP contribution in [0.3, 0.4) is 0 Å². The molecule has 0 aliphatic heterocycles. The van der Waals surface area contributed by atoms with Crippen LogP contribution in [0, 0.1) is 24.0 Å². The van der Waals surface area contributed by atoms with Crippen molar-refractivity contribution in [2.75, 3.05) is 6.61 Å². The number of nitrogens with zero attached hydrogens (tertiary/aromatic N) is 2. The summed E-state index contributed by atoms with van der Waals surface area (Å²) >= 11 is 0. The number of nitro benzene ring substituents is 1. The molecule has 2 aromatic rings. The molecule has 0 atom stereocenters. The van der Waals surface area contributed by atoms with Crippen molar-refractivity contribution in [2.45, 2.75) is 20.5 Å². The predicted octanol–water partition coefficient (Wildman–Crippen LogP) is 2.32. The number of aryl methyl sites for hydroxylation is 2. The van der Waals surface area contributed by atoms with E-state index in [2.05, 4.69) is 5.16 Å². The Balaban J connectivity index is 1.81. The molecular weight excluding hydrogens is 292 g/mol. The van der Waals surface area contributed by atoms with Crippen LogP contribution in [0.1, 0.15) is 17.0 Å². The minimum atomic E-state index is -0.557. The van der Waals surface area contributed by atoms with Crippen LogP contribution < -0.4 is 4.74 Å². The van der Waals surface area contributed by atoms with E-state index in [4.69, 9.17) is 14.0 Å². The van der Waals surface area contributed by atoms with E-state index in [9.17, 15) is 14.9 Å². The van der Waals surface area contributed by atoms with Gasteiger partial charge in [-0.3, -0.25) is 10.1 Å². The van der Waals surface area contributed by atoms with Crippen molar-refractivity contribution in [3.8, 4) is 5.75 Å². The van der Waals surface area contributed by atoms with Crippen LogP contribution in [0.2, 0.25) is 0 Å². The molecule has 8 nitrogen and oxygen atoms in total. The summed E-state index contributed by atoms with van der Waals surface area (Å²) in [5, 5.41) is 14.3. The third-order valence-corrected chi connectivity index (χ3v) is 2.96. The zero-order valence-electron chi connectivity index (χ0n) is 12.1. The molecule has 116 valence electrons. The van der Waals surface area contributed by atoms with Gasteiger partial charge in [0.05, 0.1) is 16.2 Å². The molecule has 2 rings (SSSR count). The molecule has 22 heavy (non-hydrogen) atoms. The van der Waals surface area contributed by atoms with Gasteiger partial charge in [-0.1, -0.05) is 5.16 Å². The highest BCUT2D eigenvalue weighted by Gasteiger charge is 2.12. The number of nitro groups is 1. The summed E-state index contributed by atoms with van der Waals surface area (Å²) in [7, 11) is 0. The topological polar surface area (TPSA) is 105 Å². The number of non-ortho nitro benzene ring substituents is 1. The first kappa shape index (κ1) is 15.5. The summed E-state index contributed by atoms with van der Waals surface area (Å²) in [4.78, 5) is 21.6. The Hall–Kier alpha value is -2.90. The van der Waals surface area contributed by atoms with Gasteiger partial charge in [0.1, 0.15) is 18.1 Å². The quantitative estimate of drug-likeness (QED) is 0.458. The fourth-order valence-corrected chi connectivity index (χ4v) is 1.71. The van der Waals surface area contributed by atoms with Crippen molar-refractivity contribution in [3.63, 3.8) is 0 Å². The van der Waals surface area contributed by atoms with Gasteiger partial charge in [-0.05, 0) is 26.0 Å². The first-order valence-electron chi connectivity index (χ1n) is 6.42. The van der Waals surface area contributed by atoms with E-state index in [0.717, 1.165) is 5.56 Å². The Kier molecular flexibility index (Phi) is 4.72. The lowest BCUT2D eigenvalue weighted by molar-refractivity contribution is -0.384. The van der Waals surface area contributed by atoms with E-state index in [-0.39, 0.29) is 18.9 Å². The molecule has 1 aromatic carbocycles. The van der Waals surface area contributed by atoms with E-state index >= 15 is 0 Å². The number of benzene rings is 1. The molecule has 0 unspecified atom stereocenters. The number of carbonyl (C=O) groups is 1. The number of rotatable bonds is 6. The third kappa shape index (κ3) is 3.81. The molecule has 8 heteroatoms. The number of carbonyl (C=O) groups excluding carboxylic acids is 1. The molecule has 0 aliphatic carbocycles. The second-order valence-electron chi connectivity index (χ2n) is 4.50. The Bertz CT molecular complexity index is 658. The molecule has 0 saturated carbocycles. The molecule has 1 heterocycles. The lowest BCUT2D eigenvalue weighted by Gasteiger charge is -2.06. The monoisotopic (exact) mass is 306 g/mol. The van der Waals surface area contributed by atoms with E-state index in [1.165, 1.54) is 24.3 Å². The van der Waals surface area contributed by atoms with Gasteiger partial charge in [-0.2, -0.15) is 0 Å². The van der Waals surface area contributed by atoms with Gasteiger partial charge in [0.15, 0.2) is 6.61 Å². The number of hydrogen-bond donors (Lipinski definition) is 0. The fraction of sp³-hybridized carbons (Fsp3) is 0.286. The molecular formula is C14H14N2O6. The maximum Gasteiger partial charge on any atom is 0.344 e. The predicted molar refractivity (Wildman–Crippen MR) is 74.4 cm³/mol. The molecule has 1 aromatic heterocycles. The Morgan fingerprint density at radius 1 is 1.32 bits per heavy atom. The lowest BCUT2D eigenvalue weighted by atomic mass is 10.2. The second kappa shape index (κ2) is 6.70. The Morgan fingerprint density at radius 3 is 2.55 bits per heavy atom. The van der Waals surface area contributed by atoms with Crippen LogP contribution in [0.15, 0.2) is 28.8 Å². The van der Waals surface area contributed by atoms with Crippen molar-refractivity contribution in [1.29, 1.82) is 0 Å². The minimum absolute atomic E-state index is 0.0478. The van der Waals surface area contributed by atoms with Crippen LogP contribution in [0.25, 0.3) is 0 Å². The highest BCUT2D eigenvalue weighted by atomic mass is 16.6. The van der Waals surface area contributed by atoms with Crippen LogP contribution in [0.5, 0.6) is 5.75 Å². The van der Waals surface area contributed by atoms with Crippen LogP contribution in [-0.4, -0.2) is 22.7 Å². The summed E-state index contributed by atoms with van der Waals surface area (Å²) in [5.74, 6) is 0.389. The standard InChI is InChI=1S/C14H14N2O6/c1-9-13(10(2)22-15-9)7-21-14(17)8-20-12-5-3-11(4-6-12)16(18)19/h3-6H,7-8H2,1-2H3. The van der Waals surface area contributed by atoms with Gasteiger partial charge in [-0.25, -0.2) is 4.79 Å². The number of aromatic nitrogens is 1. The minimum Gasteiger partial charge on any atom is -0.482 e. The first-order valence-corrected chi connectivity index (χ1v) is 6.42. The van der Waals surface area contributed by atoms with E-state index in [0.29, 0.717) is 17.2 Å². The van der Waals surface area contributed by atoms with E-state index in [1.54, 1.807) is 13.8 Å². The molecule has 0 spiro atoms. The number of esters is 1. The van der Waals surface area contributed by atoms with Gasteiger partial charge in [0.2, 0.25) is 0 Å². The van der Waals surface area contributed by atoms with Crippen LogP contribution >= 0.6 is 0 Å². The highest BCUT2D eigenvalue weighted by Crippen LogP contribution is 2.17. The summed E-state index contributed by atoms with van der Waals surface area (Å²) in [6.45, 7) is 3.26. The zero-order chi connectivity index (χ0) is 16.1. The molecule has 0 N–H and O–H groups in total. The normalized spacial score (nSPS) is 10.3.